The summed E-state index contributed by atoms with van der Waals surface area (Å²) in [6.07, 6.45) is 17.9. The van der Waals surface area contributed by atoms with Gasteiger partial charge in [0.2, 0.25) is 11.8 Å². The number of hydrogen-bond donors (Lipinski definition) is 2. The number of unbranched alkanes of at least 4 members (excludes halogenated alkanes) is 2. The van der Waals surface area contributed by atoms with E-state index in [0.29, 0.717) is 24.7 Å². The summed E-state index contributed by atoms with van der Waals surface area (Å²) in [5.74, 6) is 4.47. The molecule has 4 bridgehead atoms. The van der Waals surface area contributed by atoms with Crippen LogP contribution in [-0.4, -0.2) is 24.2 Å². The first-order valence-electron chi connectivity index (χ1n) is 11.8. The lowest BCUT2D eigenvalue weighted by Crippen LogP contribution is -2.20. The van der Waals surface area contributed by atoms with Gasteiger partial charge < -0.3 is 0 Å². The van der Waals surface area contributed by atoms with Gasteiger partial charge in [-0.25, -0.2) is 10.9 Å². The molecule has 29 heavy (non-hydrogen) atoms. The summed E-state index contributed by atoms with van der Waals surface area (Å²) >= 11 is 0. The van der Waals surface area contributed by atoms with Crippen molar-refractivity contribution in [1.29, 1.82) is 0 Å². The summed E-state index contributed by atoms with van der Waals surface area (Å²) in [6.45, 7) is 0. The third-order valence-corrected chi connectivity index (χ3v) is 7.80. The number of fused-ring (bicyclic) bond motifs is 4. The molecule has 0 aliphatic heterocycles. The van der Waals surface area contributed by atoms with Crippen LogP contribution in [0.5, 0.6) is 0 Å². The quantitative estimate of drug-likeness (QED) is 0.330. The van der Waals surface area contributed by atoms with Crippen LogP contribution in [0.1, 0.15) is 83.5 Å². The van der Waals surface area contributed by atoms with Crippen LogP contribution in [0.25, 0.3) is 0 Å². The van der Waals surface area contributed by atoms with Gasteiger partial charge in [0.25, 0.3) is 0 Å². The van der Waals surface area contributed by atoms with E-state index in [0.717, 1.165) is 42.9 Å². The van der Waals surface area contributed by atoms with Gasteiger partial charge in [0.15, 0.2) is 0 Å². The molecule has 6 heteroatoms. The Morgan fingerprint density at radius 3 is 1.55 bits per heavy atom. The van der Waals surface area contributed by atoms with E-state index in [1.165, 1.54) is 51.4 Å². The summed E-state index contributed by atoms with van der Waals surface area (Å²) < 4.78 is 0. The molecule has 4 fully saturated rings. The highest BCUT2D eigenvalue weighted by Gasteiger charge is 2.39. The Balaban J connectivity index is 0.998. The normalized spacial score (nSPS) is 35.2. The number of carbonyl (C=O) groups is 2. The minimum absolute atomic E-state index is 0.0238. The number of amides is 2. The largest absolute Gasteiger partial charge is 0.273 e. The van der Waals surface area contributed by atoms with Crippen molar-refractivity contribution < 1.29 is 9.59 Å². The first kappa shape index (κ1) is 20.5. The SMILES string of the molecule is O=C(CCCCCC(=O)N/N=C/C1CC2CCC1C2)N/N=C/C1CC2CCC1C2. The summed E-state index contributed by atoms with van der Waals surface area (Å²) in [6, 6.07) is 0. The van der Waals surface area contributed by atoms with Crippen LogP contribution in [0.15, 0.2) is 10.2 Å². The van der Waals surface area contributed by atoms with Crippen molar-refractivity contribution in [3.8, 4) is 0 Å². The van der Waals surface area contributed by atoms with E-state index in [1.54, 1.807) is 0 Å². The number of hydrogen-bond acceptors (Lipinski definition) is 4. The second-order valence-electron chi connectivity index (χ2n) is 9.86. The van der Waals surface area contributed by atoms with Gasteiger partial charge in [-0.05, 0) is 86.9 Å². The summed E-state index contributed by atoms with van der Waals surface area (Å²) in [5.41, 5.74) is 5.33. The molecule has 6 unspecified atom stereocenters. The Bertz CT molecular complexity index is 593. The Labute approximate surface area is 174 Å². The Morgan fingerprint density at radius 1 is 0.690 bits per heavy atom. The van der Waals surface area contributed by atoms with Gasteiger partial charge in [-0.3, -0.25) is 9.59 Å². The van der Waals surface area contributed by atoms with Crippen LogP contribution >= 0.6 is 0 Å². The average Bonchev–Trinajstić information content (AvgIpc) is 3.49. The van der Waals surface area contributed by atoms with Gasteiger partial charge in [0.05, 0.1) is 0 Å². The van der Waals surface area contributed by atoms with E-state index in [9.17, 15) is 9.59 Å². The maximum atomic E-state index is 11.9. The number of carbonyl (C=O) groups excluding carboxylic acids is 2. The molecule has 4 aliphatic carbocycles. The van der Waals surface area contributed by atoms with Crippen LogP contribution in [0.2, 0.25) is 0 Å². The second-order valence-corrected chi connectivity index (χ2v) is 9.86. The van der Waals surface area contributed by atoms with Gasteiger partial charge in [-0.2, -0.15) is 10.2 Å². The first-order valence-corrected chi connectivity index (χ1v) is 11.8. The Hall–Kier alpha value is -1.72. The summed E-state index contributed by atoms with van der Waals surface area (Å²) in [7, 11) is 0. The van der Waals surface area contributed by atoms with E-state index in [2.05, 4.69) is 21.1 Å². The van der Waals surface area contributed by atoms with E-state index >= 15 is 0 Å². The fourth-order valence-electron chi connectivity index (χ4n) is 6.22. The molecular formula is C23H36N4O2. The zero-order valence-corrected chi connectivity index (χ0v) is 17.5. The van der Waals surface area contributed by atoms with Crippen LogP contribution in [0, 0.1) is 35.5 Å². The molecule has 0 radical (unpaired) electrons. The zero-order chi connectivity index (χ0) is 20.1. The Kier molecular flexibility index (Phi) is 6.98. The predicted molar refractivity (Wildman–Crippen MR) is 114 cm³/mol. The van der Waals surface area contributed by atoms with Crippen molar-refractivity contribution in [3.63, 3.8) is 0 Å². The number of rotatable bonds is 10. The standard InChI is InChI=1S/C23H36N4O2/c28-22(26-24-14-20-12-16-6-8-18(20)10-16)4-2-1-3-5-23(29)27-25-15-21-13-17-7-9-19(21)11-17/h14-21H,1-13H2,(H,26,28)(H,27,29)/b24-14+,25-15+. The van der Waals surface area contributed by atoms with E-state index < -0.39 is 0 Å². The topological polar surface area (TPSA) is 82.9 Å². The van der Waals surface area contributed by atoms with Crippen molar-refractivity contribution in [2.45, 2.75) is 83.5 Å². The average molecular weight is 401 g/mol. The lowest BCUT2D eigenvalue weighted by atomic mass is 9.90. The highest BCUT2D eigenvalue weighted by molar-refractivity contribution is 5.77. The molecule has 6 atom stereocenters. The van der Waals surface area contributed by atoms with Crippen LogP contribution in [0.4, 0.5) is 0 Å². The summed E-state index contributed by atoms with van der Waals surface area (Å²) in [5, 5.41) is 8.35. The van der Waals surface area contributed by atoms with E-state index in [1.807, 2.05) is 12.4 Å². The van der Waals surface area contributed by atoms with Gasteiger partial charge in [0.1, 0.15) is 0 Å². The number of nitrogens with one attached hydrogen (secondary N) is 2. The molecule has 2 N–H and O–H groups in total. The molecule has 0 aromatic carbocycles. The second kappa shape index (κ2) is 9.86. The third-order valence-electron chi connectivity index (χ3n) is 7.80. The zero-order valence-electron chi connectivity index (χ0n) is 17.5. The lowest BCUT2D eigenvalue weighted by Gasteiger charge is -2.16. The van der Waals surface area contributed by atoms with Gasteiger partial charge >= 0.3 is 0 Å². The fourth-order valence-corrected chi connectivity index (χ4v) is 6.22. The minimum Gasteiger partial charge on any atom is -0.273 e. The van der Waals surface area contributed by atoms with Crippen molar-refractivity contribution >= 4 is 24.2 Å². The molecular weight excluding hydrogens is 364 g/mol. The molecule has 0 spiro atoms. The molecule has 0 heterocycles. The maximum absolute atomic E-state index is 11.9. The molecule has 4 saturated carbocycles. The first-order chi connectivity index (χ1) is 14.2. The summed E-state index contributed by atoms with van der Waals surface area (Å²) in [4.78, 5) is 23.7. The highest BCUT2D eigenvalue weighted by Crippen LogP contribution is 2.48. The molecule has 0 saturated heterocycles. The van der Waals surface area contributed by atoms with Crippen molar-refractivity contribution in [3.05, 3.63) is 0 Å². The molecule has 6 nitrogen and oxygen atoms in total. The number of hydrazone groups is 2. The molecule has 2 amide bonds. The third kappa shape index (κ3) is 5.67. The minimum atomic E-state index is -0.0238. The van der Waals surface area contributed by atoms with Crippen LogP contribution in [0.3, 0.4) is 0 Å². The molecule has 4 rings (SSSR count). The molecule has 160 valence electrons. The molecule has 4 aliphatic rings. The fraction of sp³-hybridized carbons (Fsp3) is 0.826. The Morgan fingerprint density at radius 2 is 1.17 bits per heavy atom. The predicted octanol–water partition coefficient (Wildman–Crippen LogP) is 4.01. The maximum Gasteiger partial charge on any atom is 0.240 e. The van der Waals surface area contributed by atoms with Crippen molar-refractivity contribution in [1.82, 2.24) is 10.9 Å². The van der Waals surface area contributed by atoms with Gasteiger partial charge in [-0.15, -0.1) is 0 Å². The van der Waals surface area contributed by atoms with Crippen molar-refractivity contribution in [2.75, 3.05) is 0 Å². The van der Waals surface area contributed by atoms with E-state index in [-0.39, 0.29) is 11.8 Å². The number of nitrogens with zero attached hydrogens (tertiary/aromatic N) is 2. The van der Waals surface area contributed by atoms with E-state index in [4.69, 9.17) is 0 Å². The smallest absolute Gasteiger partial charge is 0.240 e. The molecule has 0 aromatic heterocycles. The highest BCUT2D eigenvalue weighted by atomic mass is 16.2. The van der Waals surface area contributed by atoms with Crippen molar-refractivity contribution in [2.24, 2.45) is 45.7 Å². The van der Waals surface area contributed by atoms with Gasteiger partial charge in [0, 0.05) is 25.3 Å². The lowest BCUT2D eigenvalue weighted by molar-refractivity contribution is -0.121. The van der Waals surface area contributed by atoms with Crippen LogP contribution < -0.4 is 10.9 Å². The van der Waals surface area contributed by atoms with Gasteiger partial charge in [-0.1, -0.05) is 19.3 Å². The molecule has 0 aromatic rings. The monoisotopic (exact) mass is 400 g/mol. The van der Waals surface area contributed by atoms with Crippen LogP contribution in [-0.2, 0) is 9.59 Å².